The van der Waals surface area contributed by atoms with Crippen molar-refractivity contribution in [3.05, 3.63) is 29.7 Å². The van der Waals surface area contributed by atoms with E-state index in [4.69, 9.17) is 15.0 Å². The van der Waals surface area contributed by atoms with Crippen LogP contribution < -0.4 is 11.1 Å². The van der Waals surface area contributed by atoms with Crippen molar-refractivity contribution in [1.82, 2.24) is 10.1 Å². The van der Waals surface area contributed by atoms with E-state index in [9.17, 15) is 4.79 Å². The SMILES string of the molecule is Cc1noc(C)c1-c1ccc(N[C@H]2CCN(C(=O)OC(C)(C)C)C2)c(N)c1. The maximum absolute atomic E-state index is 12.2. The van der Waals surface area contributed by atoms with Crippen molar-refractivity contribution in [3.63, 3.8) is 0 Å². The van der Waals surface area contributed by atoms with Crippen molar-refractivity contribution >= 4 is 17.5 Å². The predicted octanol–water partition coefficient (Wildman–Crippen LogP) is 3.96. The number of ether oxygens (including phenoxy) is 1. The van der Waals surface area contributed by atoms with Crippen molar-refractivity contribution in [2.24, 2.45) is 0 Å². The van der Waals surface area contributed by atoms with Crippen LogP contribution in [0.4, 0.5) is 16.2 Å². The van der Waals surface area contributed by atoms with Gasteiger partial charge in [0.15, 0.2) is 0 Å². The molecule has 146 valence electrons. The number of anilines is 2. The van der Waals surface area contributed by atoms with E-state index in [1.54, 1.807) is 4.90 Å². The van der Waals surface area contributed by atoms with Crippen molar-refractivity contribution in [2.45, 2.75) is 52.7 Å². The van der Waals surface area contributed by atoms with Crippen LogP contribution in [0.2, 0.25) is 0 Å². The second-order valence-corrected chi connectivity index (χ2v) is 8.06. The molecule has 3 N–H and O–H groups in total. The third kappa shape index (κ3) is 4.35. The first-order valence-electron chi connectivity index (χ1n) is 9.21. The number of nitrogens with one attached hydrogen (secondary N) is 1. The number of hydrogen-bond donors (Lipinski definition) is 2. The van der Waals surface area contributed by atoms with Gasteiger partial charge in [-0.05, 0) is 58.7 Å². The molecule has 0 unspecified atom stereocenters. The zero-order valence-corrected chi connectivity index (χ0v) is 16.6. The summed E-state index contributed by atoms with van der Waals surface area (Å²) >= 11 is 0. The predicted molar refractivity (Wildman–Crippen MR) is 106 cm³/mol. The average molecular weight is 372 g/mol. The molecule has 0 bridgehead atoms. The highest BCUT2D eigenvalue weighted by Gasteiger charge is 2.30. The van der Waals surface area contributed by atoms with Crippen molar-refractivity contribution in [3.8, 4) is 11.1 Å². The van der Waals surface area contributed by atoms with Crippen LogP contribution in [0, 0.1) is 13.8 Å². The number of nitrogens with two attached hydrogens (primary N) is 1. The number of likely N-dealkylation sites (tertiary alicyclic amines) is 1. The molecular weight excluding hydrogens is 344 g/mol. The molecule has 0 aliphatic carbocycles. The fourth-order valence-electron chi connectivity index (χ4n) is 3.34. The van der Waals surface area contributed by atoms with E-state index >= 15 is 0 Å². The van der Waals surface area contributed by atoms with Crippen molar-refractivity contribution in [1.29, 1.82) is 0 Å². The highest BCUT2D eigenvalue weighted by atomic mass is 16.6. The summed E-state index contributed by atoms with van der Waals surface area (Å²) in [5.74, 6) is 0.774. The number of carbonyl (C=O) groups is 1. The molecule has 1 aliphatic rings. The van der Waals surface area contributed by atoms with Crippen molar-refractivity contribution in [2.75, 3.05) is 24.1 Å². The Bertz CT molecular complexity index is 819. The summed E-state index contributed by atoms with van der Waals surface area (Å²) in [6.07, 6.45) is 0.582. The molecule has 0 radical (unpaired) electrons. The average Bonchev–Trinajstić information content (AvgIpc) is 3.15. The van der Waals surface area contributed by atoms with E-state index in [0.717, 1.165) is 34.7 Å². The zero-order chi connectivity index (χ0) is 19.8. The van der Waals surface area contributed by atoms with Crippen LogP contribution in [-0.2, 0) is 4.74 Å². The van der Waals surface area contributed by atoms with E-state index in [2.05, 4.69) is 10.5 Å². The van der Waals surface area contributed by atoms with Gasteiger partial charge in [-0.15, -0.1) is 0 Å². The van der Waals surface area contributed by atoms with Gasteiger partial charge in [0.1, 0.15) is 11.4 Å². The fourth-order valence-corrected chi connectivity index (χ4v) is 3.34. The second kappa shape index (κ2) is 7.13. The summed E-state index contributed by atoms with van der Waals surface area (Å²) in [4.78, 5) is 13.9. The minimum absolute atomic E-state index is 0.143. The number of nitrogens with zero attached hydrogens (tertiary/aromatic N) is 2. The lowest BCUT2D eigenvalue weighted by Crippen LogP contribution is -2.36. The molecule has 2 aromatic rings. The van der Waals surface area contributed by atoms with Gasteiger partial charge in [-0.25, -0.2) is 4.79 Å². The third-order valence-electron chi connectivity index (χ3n) is 4.57. The topological polar surface area (TPSA) is 93.6 Å². The molecule has 0 saturated carbocycles. The summed E-state index contributed by atoms with van der Waals surface area (Å²) < 4.78 is 10.7. The first-order chi connectivity index (χ1) is 12.6. The first kappa shape index (κ1) is 19.1. The van der Waals surface area contributed by atoms with E-state index in [-0.39, 0.29) is 12.1 Å². The highest BCUT2D eigenvalue weighted by molar-refractivity contribution is 5.78. The molecule has 1 amide bonds. The maximum Gasteiger partial charge on any atom is 0.410 e. The summed E-state index contributed by atoms with van der Waals surface area (Å²) in [6.45, 7) is 10.7. The van der Waals surface area contributed by atoms with Crippen LogP contribution >= 0.6 is 0 Å². The molecule has 7 heteroatoms. The maximum atomic E-state index is 12.2. The number of aryl methyl sites for hydroxylation is 2. The number of hydrogen-bond acceptors (Lipinski definition) is 6. The van der Waals surface area contributed by atoms with Gasteiger partial charge in [-0.3, -0.25) is 0 Å². The molecule has 1 atom stereocenters. The minimum atomic E-state index is -0.485. The van der Waals surface area contributed by atoms with Gasteiger partial charge < -0.3 is 25.2 Å². The molecule has 1 aromatic heterocycles. The number of nitrogen functional groups attached to an aromatic ring is 1. The monoisotopic (exact) mass is 372 g/mol. The van der Waals surface area contributed by atoms with Crippen LogP contribution in [0.5, 0.6) is 0 Å². The minimum Gasteiger partial charge on any atom is -0.444 e. The third-order valence-corrected chi connectivity index (χ3v) is 4.57. The van der Waals surface area contributed by atoms with Crippen LogP contribution in [0.3, 0.4) is 0 Å². The van der Waals surface area contributed by atoms with Crippen LogP contribution in [-0.4, -0.2) is 40.9 Å². The van der Waals surface area contributed by atoms with Gasteiger partial charge in [0.2, 0.25) is 0 Å². The molecular formula is C20H28N4O3. The number of benzene rings is 1. The van der Waals surface area contributed by atoms with Gasteiger partial charge >= 0.3 is 6.09 Å². The van der Waals surface area contributed by atoms with Crippen molar-refractivity contribution < 1.29 is 14.1 Å². The number of rotatable bonds is 3. The summed E-state index contributed by atoms with van der Waals surface area (Å²) in [7, 11) is 0. The van der Waals surface area contributed by atoms with E-state index in [1.165, 1.54) is 0 Å². The molecule has 27 heavy (non-hydrogen) atoms. The Hall–Kier alpha value is -2.70. The summed E-state index contributed by atoms with van der Waals surface area (Å²) in [6, 6.07) is 6.04. The Labute approximate surface area is 159 Å². The molecule has 7 nitrogen and oxygen atoms in total. The molecule has 1 aliphatic heterocycles. The van der Waals surface area contributed by atoms with Gasteiger partial charge in [-0.1, -0.05) is 11.2 Å². The summed E-state index contributed by atoms with van der Waals surface area (Å²) in [5, 5.41) is 7.44. The van der Waals surface area contributed by atoms with Gasteiger partial charge in [-0.2, -0.15) is 0 Å². The number of amides is 1. The molecule has 2 heterocycles. The van der Waals surface area contributed by atoms with Gasteiger partial charge in [0.25, 0.3) is 0 Å². The summed E-state index contributed by atoms with van der Waals surface area (Å²) in [5.41, 5.74) is 10.1. The second-order valence-electron chi connectivity index (χ2n) is 8.06. The van der Waals surface area contributed by atoms with Crippen LogP contribution in [0.25, 0.3) is 11.1 Å². The lowest BCUT2D eigenvalue weighted by Gasteiger charge is -2.24. The molecule has 1 saturated heterocycles. The standard InChI is InChI=1S/C20H28N4O3/c1-12-18(13(2)27-23-12)14-6-7-17(16(21)10-14)22-15-8-9-24(11-15)19(25)26-20(3,4)5/h6-7,10,15,22H,8-9,11,21H2,1-5H3/t15-/m0/s1. The largest absolute Gasteiger partial charge is 0.444 e. The van der Waals surface area contributed by atoms with Gasteiger partial charge in [0.05, 0.1) is 17.1 Å². The molecule has 1 fully saturated rings. The first-order valence-corrected chi connectivity index (χ1v) is 9.21. The Morgan fingerprint density at radius 1 is 1.37 bits per heavy atom. The van der Waals surface area contributed by atoms with Crippen LogP contribution in [0.15, 0.2) is 22.7 Å². The lowest BCUT2D eigenvalue weighted by atomic mass is 10.0. The quantitative estimate of drug-likeness (QED) is 0.792. The fraction of sp³-hybridized carbons (Fsp3) is 0.500. The molecule has 1 aromatic carbocycles. The Kier molecular flexibility index (Phi) is 5.04. The Balaban J connectivity index is 1.66. The van der Waals surface area contributed by atoms with E-state index < -0.39 is 5.60 Å². The number of aromatic nitrogens is 1. The Morgan fingerprint density at radius 3 is 2.70 bits per heavy atom. The molecule has 0 spiro atoms. The lowest BCUT2D eigenvalue weighted by molar-refractivity contribution is 0.0293. The zero-order valence-electron chi connectivity index (χ0n) is 16.6. The van der Waals surface area contributed by atoms with Gasteiger partial charge in [0, 0.05) is 24.7 Å². The highest BCUT2D eigenvalue weighted by Crippen LogP contribution is 2.32. The molecule has 3 rings (SSSR count). The smallest absolute Gasteiger partial charge is 0.410 e. The Morgan fingerprint density at radius 2 is 2.11 bits per heavy atom. The number of carbonyl (C=O) groups excluding carboxylic acids is 1. The van der Waals surface area contributed by atoms with E-state index in [1.807, 2.05) is 52.8 Å². The normalized spacial score (nSPS) is 17.2. The van der Waals surface area contributed by atoms with E-state index in [0.29, 0.717) is 18.8 Å². The van der Waals surface area contributed by atoms with Crippen LogP contribution in [0.1, 0.15) is 38.6 Å².